The third-order valence-electron chi connectivity index (χ3n) is 4.73. The number of furan rings is 1. The Morgan fingerprint density at radius 3 is 2.52 bits per heavy atom. The van der Waals surface area contributed by atoms with E-state index in [1.54, 1.807) is 55.6 Å². The molecule has 2 aromatic heterocycles. The predicted molar refractivity (Wildman–Crippen MR) is 119 cm³/mol. The van der Waals surface area contributed by atoms with Gasteiger partial charge in [0, 0.05) is 10.9 Å². The van der Waals surface area contributed by atoms with Gasteiger partial charge in [0.25, 0.3) is 5.91 Å². The standard InChI is InChI=1S/C23H21NO8S/c1-3-28-22(26)19-14(15-9-6-10-29-15)12-33-21(19)24-18(25)11-30-23(27)20-13(2)31-16-7-4-5-8-17(16)32-20/h4-10,12-13,20H,3,11H2,1-2H3,(H,24,25). The van der Waals surface area contributed by atoms with Crippen molar-refractivity contribution >= 4 is 34.2 Å². The summed E-state index contributed by atoms with van der Waals surface area (Å²) in [7, 11) is 0. The highest BCUT2D eigenvalue weighted by Gasteiger charge is 2.35. The highest BCUT2D eigenvalue weighted by molar-refractivity contribution is 7.15. The zero-order valence-electron chi connectivity index (χ0n) is 17.9. The largest absolute Gasteiger partial charge is 0.482 e. The minimum Gasteiger partial charge on any atom is -0.482 e. The lowest BCUT2D eigenvalue weighted by molar-refractivity contribution is -0.159. The quantitative estimate of drug-likeness (QED) is 0.516. The molecule has 172 valence electrons. The summed E-state index contributed by atoms with van der Waals surface area (Å²) in [5.74, 6) is -0.539. The lowest BCUT2D eigenvalue weighted by atomic mass is 10.1. The van der Waals surface area contributed by atoms with Crippen LogP contribution in [-0.2, 0) is 19.1 Å². The van der Waals surface area contributed by atoms with Crippen molar-refractivity contribution in [3.63, 3.8) is 0 Å². The molecule has 3 heterocycles. The summed E-state index contributed by atoms with van der Waals surface area (Å²) in [4.78, 5) is 37.5. The number of ether oxygens (including phenoxy) is 4. The van der Waals surface area contributed by atoms with Crippen LogP contribution in [0.25, 0.3) is 11.3 Å². The molecule has 0 spiro atoms. The molecular weight excluding hydrogens is 450 g/mol. The summed E-state index contributed by atoms with van der Waals surface area (Å²) in [5.41, 5.74) is 0.668. The first-order valence-corrected chi connectivity index (χ1v) is 11.1. The second-order valence-electron chi connectivity index (χ2n) is 7.02. The molecule has 3 aromatic rings. The van der Waals surface area contributed by atoms with Gasteiger partial charge >= 0.3 is 11.9 Å². The molecule has 2 unspecified atom stereocenters. The van der Waals surface area contributed by atoms with Crippen LogP contribution in [0.5, 0.6) is 11.5 Å². The number of para-hydroxylation sites is 2. The lowest BCUT2D eigenvalue weighted by Crippen LogP contribution is -2.45. The molecule has 1 aromatic carbocycles. The Bertz CT molecular complexity index is 1150. The van der Waals surface area contributed by atoms with Gasteiger partial charge in [-0.25, -0.2) is 9.59 Å². The summed E-state index contributed by atoms with van der Waals surface area (Å²) < 4.78 is 27.0. The first-order chi connectivity index (χ1) is 16.0. The molecule has 1 aliphatic heterocycles. The van der Waals surface area contributed by atoms with Gasteiger partial charge in [-0.3, -0.25) is 4.79 Å². The van der Waals surface area contributed by atoms with Gasteiger partial charge in [-0.2, -0.15) is 0 Å². The van der Waals surface area contributed by atoms with Gasteiger partial charge in [0.1, 0.15) is 22.4 Å². The highest BCUT2D eigenvalue weighted by atomic mass is 32.1. The third-order valence-corrected chi connectivity index (χ3v) is 5.63. The first-order valence-electron chi connectivity index (χ1n) is 10.2. The lowest BCUT2D eigenvalue weighted by Gasteiger charge is -2.30. The number of fused-ring (bicyclic) bond motifs is 1. The van der Waals surface area contributed by atoms with E-state index in [9.17, 15) is 14.4 Å². The molecule has 1 N–H and O–H groups in total. The van der Waals surface area contributed by atoms with E-state index in [0.717, 1.165) is 11.3 Å². The van der Waals surface area contributed by atoms with Crippen molar-refractivity contribution in [2.24, 2.45) is 0 Å². The molecule has 4 rings (SSSR count). The molecule has 2 atom stereocenters. The van der Waals surface area contributed by atoms with Crippen LogP contribution in [0.2, 0.25) is 0 Å². The Morgan fingerprint density at radius 2 is 1.82 bits per heavy atom. The average Bonchev–Trinajstić information content (AvgIpc) is 3.47. The molecule has 0 saturated heterocycles. The SMILES string of the molecule is CCOC(=O)c1c(-c2ccco2)csc1NC(=O)COC(=O)C1Oc2ccccc2OC1C. The fourth-order valence-electron chi connectivity index (χ4n) is 3.23. The average molecular weight is 471 g/mol. The number of hydrogen-bond acceptors (Lipinski definition) is 9. The number of nitrogens with one attached hydrogen (secondary N) is 1. The van der Waals surface area contributed by atoms with E-state index in [4.69, 9.17) is 23.4 Å². The number of amides is 1. The van der Waals surface area contributed by atoms with Gasteiger partial charge < -0.3 is 28.7 Å². The number of rotatable bonds is 7. The number of hydrogen-bond donors (Lipinski definition) is 1. The molecule has 0 saturated carbocycles. The van der Waals surface area contributed by atoms with E-state index in [0.29, 0.717) is 22.8 Å². The van der Waals surface area contributed by atoms with Crippen LogP contribution in [-0.4, -0.2) is 43.3 Å². The van der Waals surface area contributed by atoms with E-state index in [1.807, 2.05) is 0 Å². The third kappa shape index (κ3) is 4.85. The zero-order valence-corrected chi connectivity index (χ0v) is 18.7. The molecule has 1 amide bonds. The van der Waals surface area contributed by atoms with E-state index in [2.05, 4.69) is 5.32 Å². The maximum Gasteiger partial charge on any atom is 0.351 e. The number of benzene rings is 1. The second kappa shape index (κ2) is 9.78. The molecule has 33 heavy (non-hydrogen) atoms. The number of carbonyl (C=O) groups is 3. The van der Waals surface area contributed by atoms with Crippen molar-refractivity contribution < 1.29 is 37.7 Å². The molecule has 0 bridgehead atoms. The van der Waals surface area contributed by atoms with Crippen LogP contribution in [0.15, 0.2) is 52.5 Å². The van der Waals surface area contributed by atoms with Crippen molar-refractivity contribution in [3.8, 4) is 22.8 Å². The molecular formula is C23H21NO8S. The van der Waals surface area contributed by atoms with Crippen LogP contribution in [0, 0.1) is 0 Å². The van der Waals surface area contributed by atoms with E-state index in [1.165, 1.54) is 6.26 Å². The van der Waals surface area contributed by atoms with E-state index >= 15 is 0 Å². The van der Waals surface area contributed by atoms with Crippen molar-refractivity contribution in [1.29, 1.82) is 0 Å². The monoisotopic (exact) mass is 471 g/mol. The fraction of sp³-hybridized carbons (Fsp3) is 0.261. The molecule has 1 aliphatic rings. The predicted octanol–water partition coefficient (Wildman–Crippen LogP) is 3.90. The number of carbonyl (C=O) groups excluding carboxylic acids is 3. The first kappa shape index (κ1) is 22.4. The number of anilines is 1. The molecule has 9 nitrogen and oxygen atoms in total. The van der Waals surface area contributed by atoms with Gasteiger partial charge in [-0.15, -0.1) is 11.3 Å². The van der Waals surface area contributed by atoms with Gasteiger partial charge in [0.2, 0.25) is 6.10 Å². The van der Waals surface area contributed by atoms with E-state index < -0.39 is 36.7 Å². The minimum atomic E-state index is -1.02. The summed E-state index contributed by atoms with van der Waals surface area (Å²) >= 11 is 1.13. The van der Waals surface area contributed by atoms with Crippen LogP contribution in [0.3, 0.4) is 0 Å². The van der Waals surface area contributed by atoms with Gasteiger partial charge in [0.15, 0.2) is 18.1 Å². The summed E-state index contributed by atoms with van der Waals surface area (Å²) in [6.45, 7) is 2.96. The Balaban J connectivity index is 1.41. The summed E-state index contributed by atoms with van der Waals surface area (Å²) in [5, 5.41) is 4.55. The van der Waals surface area contributed by atoms with Crippen molar-refractivity contribution in [2.45, 2.75) is 26.1 Å². The number of esters is 2. The Hall–Kier alpha value is -3.79. The van der Waals surface area contributed by atoms with Gasteiger partial charge in [-0.1, -0.05) is 12.1 Å². The maximum absolute atomic E-state index is 12.5. The topological polar surface area (TPSA) is 113 Å². The van der Waals surface area contributed by atoms with Crippen LogP contribution < -0.4 is 14.8 Å². The maximum atomic E-state index is 12.5. The zero-order chi connectivity index (χ0) is 23.4. The van der Waals surface area contributed by atoms with Crippen molar-refractivity contribution in [3.05, 3.63) is 53.6 Å². The minimum absolute atomic E-state index is 0.169. The van der Waals surface area contributed by atoms with E-state index in [-0.39, 0.29) is 17.2 Å². The molecule has 0 fully saturated rings. The molecule has 0 radical (unpaired) electrons. The van der Waals surface area contributed by atoms with Crippen LogP contribution >= 0.6 is 11.3 Å². The van der Waals surface area contributed by atoms with Crippen molar-refractivity contribution in [1.82, 2.24) is 0 Å². The second-order valence-corrected chi connectivity index (χ2v) is 7.89. The Morgan fingerprint density at radius 1 is 1.06 bits per heavy atom. The Kier molecular flexibility index (Phi) is 6.64. The van der Waals surface area contributed by atoms with Gasteiger partial charge in [-0.05, 0) is 38.1 Å². The number of thiophene rings is 1. The summed E-state index contributed by atoms with van der Waals surface area (Å²) in [6.07, 6.45) is -0.134. The van der Waals surface area contributed by atoms with Gasteiger partial charge in [0.05, 0.1) is 12.9 Å². The van der Waals surface area contributed by atoms with Crippen LogP contribution in [0.1, 0.15) is 24.2 Å². The fourth-order valence-corrected chi connectivity index (χ4v) is 4.18. The molecule has 0 aliphatic carbocycles. The normalized spacial score (nSPS) is 16.7. The Labute approximate surface area is 193 Å². The molecule has 10 heteroatoms. The van der Waals surface area contributed by atoms with Crippen LogP contribution in [0.4, 0.5) is 5.00 Å². The van der Waals surface area contributed by atoms with Crippen molar-refractivity contribution in [2.75, 3.05) is 18.5 Å². The highest BCUT2D eigenvalue weighted by Crippen LogP contribution is 2.37. The smallest absolute Gasteiger partial charge is 0.351 e. The summed E-state index contributed by atoms with van der Waals surface area (Å²) in [6, 6.07) is 10.4.